The summed E-state index contributed by atoms with van der Waals surface area (Å²) in [7, 11) is -2.11. The molecule has 2 aliphatic rings. The van der Waals surface area contributed by atoms with Gasteiger partial charge in [0.05, 0.1) is 12.2 Å². The Labute approximate surface area is 173 Å². The Hall–Kier alpha value is -2.46. The van der Waals surface area contributed by atoms with E-state index in [1.807, 2.05) is 6.92 Å². The molecule has 1 saturated heterocycles. The maximum atomic E-state index is 13.4. The van der Waals surface area contributed by atoms with E-state index in [1.54, 1.807) is 7.05 Å². The maximum Gasteiger partial charge on any atom is 0.232 e. The molecule has 0 bridgehead atoms. The first-order valence-corrected chi connectivity index (χ1v) is 11.3. The number of anilines is 1. The number of amides is 1. The highest BCUT2D eigenvalue weighted by atomic mass is 32.2. The lowest BCUT2D eigenvalue weighted by molar-refractivity contribution is -0.117. The Bertz CT molecular complexity index is 1100. The number of hydrogen-bond donors (Lipinski definition) is 0. The molecule has 0 aliphatic carbocycles. The molecule has 0 radical (unpaired) electrons. The van der Waals surface area contributed by atoms with Gasteiger partial charge in [-0.2, -0.15) is 0 Å². The van der Waals surface area contributed by atoms with Crippen molar-refractivity contribution in [3.63, 3.8) is 0 Å². The quantitative estimate of drug-likeness (QED) is 0.734. The number of nitrogens with zero attached hydrogens (tertiary/aromatic N) is 4. The Morgan fingerprint density at radius 3 is 2.57 bits per heavy atom. The summed E-state index contributed by atoms with van der Waals surface area (Å²) < 4.78 is 54.0. The summed E-state index contributed by atoms with van der Waals surface area (Å²) in [5.74, 6) is -1.26. The lowest BCUT2D eigenvalue weighted by atomic mass is 9.98. The standard InChI is InChI=1S/C20H22F2N4O3S/c1-12-17-9-18(27)25(2)20(17)24-19(23-12)14-4-3-5-26(10-14)30(28,29)11-13-6-15(21)8-16(22)7-13/h6-8,14H,3-5,9-11H2,1-2H3. The Morgan fingerprint density at radius 1 is 1.17 bits per heavy atom. The zero-order valence-corrected chi connectivity index (χ0v) is 17.5. The van der Waals surface area contributed by atoms with Crippen molar-refractivity contribution in [3.8, 4) is 0 Å². The molecule has 0 saturated carbocycles. The van der Waals surface area contributed by atoms with E-state index in [1.165, 1.54) is 9.21 Å². The van der Waals surface area contributed by atoms with Gasteiger partial charge in [0.2, 0.25) is 15.9 Å². The third-order valence-electron chi connectivity index (χ3n) is 5.64. The molecule has 0 spiro atoms. The number of fused-ring (bicyclic) bond motifs is 1. The van der Waals surface area contributed by atoms with Gasteiger partial charge in [-0.3, -0.25) is 9.69 Å². The zero-order chi connectivity index (χ0) is 21.6. The summed E-state index contributed by atoms with van der Waals surface area (Å²) in [6.07, 6.45) is 1.61. The van der Waals surface area contributed by atoms with Crippen molar-refractivity contribution in [2.24, 2.45) is 0 Å². The number of piperidine rings is 1. The van der Waals surface area contributed by atoms with Gasteiger partial charge in [0, 0.05) is 43.4 Å². The molecule has 2 aromatic rings. The van der Waals surface area contributed by atoms with Crippen molar-refractivity contribution in [2.45, 2.75) is 37.9 Å². The average molecular weight is 436 g/mol. The number of halogens is 2. The van der Waals surface area contributed by atoms with Crippen molar-refractivity contribution in [2.75, 3.05) is 25.0 Å². The SMILES string of the molecule is Cc1nc(C2CCCN(S(=O)(=O)Cc3cc(F)cc(F)c3)C2)nc2c1CC(=O)N2C. The molecule has 1 amide bonds. The third-order valence-corrected chi connectivity index (χ3v) is 7.46. The summed E-state index contributed by atoms with van der Waals surface area (Å²) in [5, 5.41) is 0. The third kappa shape index (κ3) is 3.93. The van der Waals surface area contributed by atoms with Crippen molar-refractivity contribution in [3.05, 3.63) is 52.5 Å². The summed E-state index contributed by atoms with van der Waals surface area (Å²) in [4.78, 5) is 22.6. The molecule has 0 N–H and O–H groups in total. The number of sulfonamides is 1. The van der Waals surface area contributed by atoms with Crippen molar-refractivity contribution < 1.29 is 22.0 Å². The Morgan fingerprint density at radius 2 is 1.87 bits per heavy atom. The van der Waals surface area contributed by atoms with E-state index < -0.39 is 27.4 Å². The van der Waals surface area contributed by atoms with Gasteiger partial charge < -0.3 is 0 Å². The predicted molar refractivity (Wildman–Crippen MR) is 106 cm³/mol. The van der Waals surface area contributed by atoms with Crippen LogP contribution in [0.15, 0.2) is 18.2 Å². The van der Waals surface area contributed by atoms with Crippen LogP contribution in [0.2, 0.25) is 0 Å². The first kappa shape index (κ1) is 20.8. The van der Waals surface area contributed by atoms with E-state index in [9.17, 15) is 22.0 Å². The van der Waals surface area contributed by atoms with Gasteiger partial charge in [0.15, 0.2) is 0 Å². The van der Waals surface area contributed by atoms with E-state index >= 15 is 0 Å². The van der Waals surface area contributed by atoms with Gasteiger partial charge in [-0.25, -0.2) is 31.5 Å². The predicted octanol–water partition coefficient (Wildman–Crippen LogP) is 2.29. The molecule has 1 aromatic heterocycles. The molecular formula is C20H22F2N4O3S. The normalized spacial score (nSPS) is 19.9. The van der Waals surface area contributed by atoms with Crippen LogP contribution in [0.4, 0.5) is 14.6 Å². The second kappa shape index (κ2) is 7.66. The van der Waals surface area contributed by atoms with Gasteiger partial charge in [0.25, 0.3) is 0 Å². The largest absolute Gasteiger partial charge is 0.299 e. The lowest BCUT2D eigenvalue weighted by Gasteiger charge is -2.31. The van der Waals surface area contributed by atoms with E-state index in [0.29, 0.717) is 30.7 Å². The highest BCUT2D eigenvalue weighted by Gasteiger charge is 2.34. The minimum absolute atomic E-state index is 0.0466. The zero-order valence-electron chi connectivity index (χ0n) is 16.7. The molecule has 2 aliphatic heterocycles. The minimum Gasteiger partial charge on any atom is -0.299 e. The van der Waals surface area contributed by atoms with Crippen LogP contribution in [0.1, 0.15) is 41.4 Å². The summed E-state index contributed by atoms with van der Waals surface area (Å²) in [5.41, 5.74) is 1.60. The number of carbonyl (C=O) groups is 1. The van der Waals surface area contributed by atoms with Crippen LogP contribution in [0.3, 0.4) is 0 Å². The number of carbonyl (C=O) groups excluding carboxylic acids is 1. The van der Waals surface area contributed by atoms with Crippen molar-refractivity contribution in [1.82, 2.24) is 14.3 Å². The topological polar surface area (TPSA) is 83.5 Å². The van der Waals surface area contributed by atoms with Crippen LogP contribution >= 0.6 is 0 Å². The minimum atomic E-state index is -3.77. The number of hydrogen-bond acceptors (Lipinski definition) is 5. The molecule has 3 heterocycles. The van der Waals surface area contributed by atoms with Crippen LogP contribution < -0.4 is 4.90 Å². The fourth-order valence-corrected chi connectivity index (χ4v) is 5.64. The van der Waals surface area contributed by atoms with E-state index in [0.717, 1.165) is 29.8 Å². The lowest BCUT2D eigenvalue weighted by Crippen LogP contribution is -2.40. The van der Waals surface area contributed by atoms with E-state index in [4.69, 9.17) is 0 Å². The van der Waals surface area contributed by atoms with Crippen LogP contribution in [0.5, 0.6) is 0 Å². The van der Waals surface area contributed by atoms with Gasteiger partial charge in [-0.1, -0.05) is 0 Å². The smallest absolute Gasteiger partial charge is 0.232 e. The molecule has 7 nitrogen and oxygen atoms in total. The maximum absolute atomic E-state index is 13.4. The highest BCUT2D eigenvalue weighted by Crippen LogP contribution is 2.32. The second-order valence-corrected chi connectivity index (χ2v) is 9.80. The van der Waals surface area contributed by atoms with Crippen LogP contribution in [0, 0.1) is 18.6 Å². The number of aromatic nitrogens is 2. The fraction of sp³-hybridized carbons (Fsp3) is 0.450. The average Bonchev–Trinajstić information content (AvgIpc) is 2.96. The highest BCUT2D eigenvalue weighted by molar-refractivity contribution is 7.88. The van der Waals surface area contributed by atoms with Gasteiger partial charge in [-0.15, -0.1) is 0 Å². The summed E-state index contributed by atoms with van der Waals surface area (Å²) in [6, 6.07) is 2.77. The molecule has 4 rings (SSSR count). The summed E-state index contributed by atoms with van der Waals surface area (Å²) >= 11 is 0. The monoisotopic (exact) mass is 436 g/mol. The Balaban J connectivity index is 1.56. The molecule has 1 fully saturated rings. The molecule has 1 unspecified atom stereocenters. The fourth-order valence-electron chi connectivity index (χ4n) is 4.06. The molecule has 10 heteroatoms. The number of likely N-dealkylation sites (N-methyl/N-ethyl adjacent to an activating group) is 1. The van der Waals surface area contributed by atoms with E-state index in [2.05, 4.69) is 9.97 Å². The summed E-state index contributed by atoms with van der Waals surface area (Å²) in [6.45, 7) is 2.35. The van der Waals surface area contributed by atoms with Crippen molar-refractivity contribution >= 4 is 21.7 Å². The molecular weight excluding hydrogens is 414 g/mol. The second-order valence-electron chi connectivity index (χ2n) is 7.83. The van der Waals surface area contributed by atoms with E-state index in [-0.39, 0.29) is 30.4 Å². The number of aryl methyl sites for hydroxylation is 1. The van der Waals surface area contributed by atoms with Gasteiger partial charge in [0.1, 0.15) is 23.3 Å². The Kier molecular flexibility index (Phi) is 5.31. The first-order valence-electron chi connectivity index (χ1n) is 9.71. The van der Waals surface area contributed by atoms with Crippen LogP contribution in [-0.4, -0.2) is 48.7 Å². The van der Waals surface area contributed by atoms with Crippen molar-refractivity contribution in [1.29, 1.82) is 0 Å². The molecule has 1 aromatic carbocycles. The van der Waals surface area contributed by atoms with Crippen LogP contribution in [-0.2, 0) is 27.0 Å². The molecule has 160 valence electrons. The van der Waals surface area contributed by atoms with Gasteiger partial charge >= 0.3 is 0 Å². The van der Waals surface area contributed by atoms with Gasteiger partial charge in [-0.05, 0) is 37.5 Å². The first-order chi connectivity index (χ1) is 14.1. The van der Waals surface area contributed by atoms with Crippen LogP contribution in [0.25, 0.3) is 0 Å². The number of rotatable bonds is 4. The molecule has 1 atom stereocenters. The number of benzene rings is 1. The molecule has 30 heavy (non-hydrogen) atoms.